The molecule has 0 radical (unpaired) electrons. The number of aromatic nitrogens is 3. The molecule has 0 spiro atoms. The van der Waals surface area contributed by atoms with Crippen molar-refractivity contribution in [3.63, 3.8) is 0 Å². The number of anilines is 1. The summed E-state index contributed by atoms with van der Waals surface area (Å²) in [5, 5.41) is 11.6. The molecule has 3 heterocycles. The van der Waals surface area contributed by atoms with Crippen LogP contribution in [0.25, 0.3) is 0 Å². The highest BCUT2D eigenvalue weighted by molar-refractivity contribution is 7.98. The van der Waals surface area contributed by atoms with Gasteiger partial charge in [0.15, 0.2) is 0 Å². The van der Waals surface area contributed by atoms with Crippen LogP contribution in [0.1, 0.15) is 18.9 Å². The van der Waals surface area contributed by atoms with Gasteiger partial charge in [-0.05, 0) is 43.1 Å². The van der Waals surface area contributed by atoms with Gasteiger partial charge in [0, 0.05) is 25.5 Å². The molecule has 0 bridgehead atoms. The average Bonchev–Trinajstić information content (AvgIpc) is 3.23. The van der Waals surface area contributed by atoms with E-state index in [1.54, 1.807) is 18.0 Å². The third-order valence-electron chi connectivity index (χ3n) is 5.26. The Labute approximate surface area is 140 Å². The lowest BCUT2D eigenvalue weighted by atomic mass is 9.77. The zero-order valence-corrected chi connectivity index (χ0v) is 14.1. The van der Waals surface area contributed by atoms with Crippen LogP contribution >= 0.6 is 11.8 Å². The van der Waals surface area contributed by atoms with Crippen molar-refractivity contribution in [1.82, 2.24) is 14.5 Å². The van der Waals surface area contributed by atoms with E-state index in [1.165, 1.54) is 0 Å². The first-order valence-electron chi connectivity index (χ1n) is 8.16. The topological polar surface area (TPSA) is 54.2 Å². The Bertz CT molecular complexity index is 662. The molecule has 0 aromatic carbocycles. The van der Waals surface area contributed by atoms with Crippen molar-refractivity contribution in [2.75, 3.05) is 24.2 Å². The van der Waals surface area contributed by atoms with E-state index in [0.717, 1.165) is 36.8 Å². The van der Waals surface area contributed by atoms with Gasteiger partial charge in [-0.15, -0.1) is 11.8 Å². The van der Waals surface area contributed by atoms with Crippen LogP contribution in [0.5, 0.6) is 0 Å². The second-order valence-corrected chi connectivity index (χ2v) is 7.41. The number of fused-ring (bicyclic) bond motifs is 1. The average molecular weight is 330 g/mol. The third kappa shape index (κ3) is 2.85. The number of nitrogens with zero attached hydrogens (tertiary/aromatic N) is 4. The van der Waals surface area contributed by atoms with Crippen molar-refractivity contribution >= 4 is 17.6 Å². The lowest BCUT2D eigenvalue weighted by molar-refractivity contribution is 0.0358. The Hall–Kier alpha value is -1.53. The predicted octanol–water partition coefficient (Wildman–Crippen LogP) is 2.45. The van der Waals surface area contributed by atoms with Gasteiger partial charge < -0.3 is 14.6 Å². The number of imidazole rings is 1. The maximum Gasteiger partial charge on any atom is 0.129 e. The molecule has 2 aromatic heterocycles. The second kappa shape index (κ2) is 6.17. The summed E-state index contributed by atoms with van der Waals surface area (Å²) in [6.07, 6.45) is 9.23. The van der Waals surface area contributed by atoms with E-state index in [2.05, 4.69) is 38.9 Å². The van der Waals surface area contributed by atoms with E-state index in [9.17, 15) is 5.11 Å². The highest BCUT2D eigenvalue weighted by Gasteiger charge is 2.42. The van der Waals surface area contributed by atoms with E-state index in [4.69, 9.17) is 4.98 Å². The summed E-state index contributed by atoms with van der Waals surface area (Å²) in [6.45, 7) is 2.04. The van der Waals surface area contributed by atoms with Crippen LogP contribution in [0.4, 0.5) is 5.82 Å². The molecule has 0 amide bonds. The van der Waals surface area contributed by atoms with Crippen molar-refractivity contribution < 1.29 is 5.11 Å². The molecular weight excluding hydrogens is 308 g/mol. The van der Waals surface area contributed by atoms with Crippen molar-refractivity contribution in [2.45, 2.75) is 30.0 Å². The second-order valence-electron chi connectivity index (χ2n) is 6.58. The van der Waals surface area contributed by atoms with Gasteiger partial charge >= 0.3 is 0 Å². The van der Waals surface area contributed by atoms with Crippen LogP contribution in [-0.2, 0) is 0 Å². The summed E-state index contributed by atoms with van der Waals surface area (Å²) < 4.78 is 2.07. The first kappa shape index (κ1) is 15.0. The smallest absolute Gasteiger partial charge is 0.129 e. The largest absolute Gasteiger partial charge is 0.391 e. The minimum absolute atomic E-state index is 0.157. The molecule has 5 nitrogen and oxygen atoms in total. The monoisotopic (exact) mass is 330 g/mol. The van der Waals surface area contributed by atoms with Crippen molar-refractivity contribution in [2.24, 2.45) is 11.8 Å². The van der Waals surface area contributed by atoms with Crippen LogP contribution in [0, 0.1) is 11.8 Å². The molecule has 4 rings (SSSR count). The number of thioether (sulfide) groups is 1. The fourth-order valence-electron chi connectivity index (χ4n) is 4.07. The van der Waals surface area contributed by atoms with Gasteiger partial charge in [0.25, 0.3) is 0 Å². The summed E-state index contributed by atoms with van der Waals surface area (Å²) in [7, 11) is 0. The van der Waals surface area contributed by atoms with Gasteiger partial charge in [-0.2, -0.15) is 0 Å². The quantitative estimate of drug-likeness (QED) is 0.876. The molecule has 1 aliphatic carbocycles. The fraction of sp³-hybridized carbons (Fsp3) is 0.529. The van der Waals surface area contributed by atoms with E-state index >= 15 is 0 Å². The summed E-state index contributed by atoms with van der Waals surface area (Å²) in [6, 6.07) is 6.39. The highest BCUT2D eigenvalue weighted by atomic mass is 32.2. The number of hydrogen-bond donors (Lipinski definition) is 1. The molecule has 2 aromatic rings. The molecule has 4 atom stereocenters. The molecule has 6 heteroatoms. The fourth-order valence-corrected chi connectivity index (χ4v) is 4.47. The lowest BCUT2D eigenvalue weighted by Crippen LogP contribution is -2.35. The minimum atomic E-state index is -0.282. The van der Waals surface area contributed by atoms with E-state index < -0.39 is 0 Å². The Morgan fingerprint density at radius 2 is 2.04 bits per heavy atom. The van der Waals surface area contributed by atoms with Crippen LogP contribution < -0.4 is 4.90 Å². The maximum atomic E-state index is 10.5. The summed E-state index contributed by atoms with van der Waals surface area (Å²) in [4.78, 5) is 11.2. The molecule has 0 unspecified atom stereocenters. The number of pyridine rings is 1. The molecule has 2 aliphatic rings. The number of hydrogen-bond acceptors (Lipinski definition) is 5. The van der Waals surface area contributed by atoms with E-state index in [1.807, 2.05) is 12.5 Å². The van der Waals surface area contributed by atoms with Crippen LogP contribution in [-0.4, -0.2) is 45.1 Å². The van der Waals surface area contributed by atoms with E-state index in [0.29, 0.717) is 11.8 Å². The van der Waals surface area contributed by atoms with Crippen LogP contribution in [0.3, 0.4) is 0 Å². The maximum absolute atomic E-state index is 10.5. The summed E-state index contributed by atoms with van der Waals surface area (Å²) in [5.41, 5.74) is 0. The zero-order valence-electron chi connectivity index (χ0n) is 13.2. The van der Waals surface area contributed by atoms with Crippen LogP contribution in [0.15, 0.2) is 41.9 Å². The normalized spacial score (nSPS) is 30.4. The highest BCUT2D eigenvalue weighted by Crippen LogP contribution is 2.42. The predicted molar refractivity (Wildman–Crippen MR) is 91.7 cm³/mol. The molecule has 1 saturated carbocycles. The molecule has 1 aliphatic heterocycles. The van der Waals surface area contributed by atoms with Gasteiger partial charge in [-0.3, -0.25) is 0 Å². The molecule has 122 valence electrons. The summed E-state index contributed by atoms with van der Waals surface area (Å²) >= 11 is 1.68. The molecule has 1 saturated heterocycles. The minimum Gasteiger partial charge on any atom is -0.391 e. The Morgan fingerprint density at radius 1 is 1.22 bits per heavy atom. The standard InChI is InChI=1S/C17H22N4OS/c1-23-17-4-2-3-16(19-17)21-9-12-7-14(20-6-5-18-11-20)15(22)8-13(12)10-21/h2-6,11-15,22H,7-10H2,1H3/t12-,13+,14-,15-/m1/s1. The number of rotatable bonds is 3. The molecule has 23 heavy (non-hydrogen) atoms. The van der Waals surface area contributed by atoms with Gasteiger partial charge in [-0.1, -0.05) is 6.07 Å². The Kier molecular flexibility index (Phi) is 4.03. The SMILES string of the molecule is CSc1cccc(N2C[C@H]3C[C@@H](n4ccnc4)[C@H](O)C[C@H]3C2)n1. The van der Waals surface area contributed by atoms with E-state index in [-0.39, 0.29) is 12.1 Å². The molecular formula is C17H22N4OS. The van der Waals surface area contributed by atoms with Gasteiger partial charge in [0.1, 0.15) is 5.82 Å². The zero-order chi connectivity index (χ0) is 15.8. The first-order valence-corrected chi connectivity index (χ1v) is 9.38. The first-order chi connectivity index (χ1) is 11.2. The lowest BCUT2D eigenvalue weighted by Gasteiger charge is -2.35. The molecule has 1 N–H and O–H groups in total. The third-order valence-corrected chi connectivity index (χ3v) is 5.90. The Morgan fingerprint density at radius 3 is 2.78 bits per heavy atom. The van der Waals surface area contributed by atoms with Gasteiger partial charge in [0.2, 0.25) is 0 Å². The molecule has 2 fully saturated rings. The van der Waals surface area contributed by atoms with Crippen molar-refractivity contribution in [1.29, 1.82) is 0 Å². The van der Waals surface area contributed by atoms with Gasteiger partial charge in [0.05, 0.1) is 23.5 Å². The Balaban J connectivity index is 1.51. The number of aliphatic hydroxyl groups excluding tert-OH is 1. The summed E-state index contributed by atoms with van der Waals surface area (Å²) in [5.74, 6) is 2.25. The van der Waals surface area contributed by atoms with Gasteiger partial charge in [-0.25, -0.2) is 9.97 Å². The van der Waals surface area contributed by atoms with Crippen LogP contribution in [0.2, 0.25) is 0 Å². The van der Waals surface area contributed by atoms with Crippen molar-refractivity contribution in [3.8, 4) is 0 Å². The number of aliphatic hydroxyl groups is 1. The van der Waals surface area contributed by atoms with Crippen molar-refractivity contribution in [3.05, 3.63) is 36.9 Å².